The van der Waals surface area contributed by atoms with Gasteiger partial charge in [0.15, 0.2) is 0 Å². The normalized spacial score (nSPS) is 11.3. The molecule has 0 radical (unpaired) electrons. The standard InChI is InChI=1S/2C6H5N3O4S.2Na/c2*10-9-6-2-1-4(14(11,12)13)3-5(6)7-8-9;;/h2*1-3,10H,(H,11,12,13);;/q;;2*+1/p-2. The Labute approximate surface area is 212 Å². The molecule has 18 heteroatoms. The summed E-state index contributed by atoms with van der Waals surface area (Å²) in [5.74, 6) is 0. The van der Waals surface area contributed by atoms with Crippen molar-refractivity contribution in [3.05, 3.63) is 36.4 Å². The molecule has 0 saturated heterocycles. The van der Waals surface area contributed by atoms with Crippen molar-refractivity contribution in [3.8, 4) is 0 Å². The van der Waals surface area contributed by atoms with Crippen molar-refractivity contribution in [1.29, 1.82) is 0 Å². The molecule has 14 nitrogen and oxygen atoms in total. The summed E-state index contributed by atoms with van der Waals surface area (Å²) in [4.78, 5) is 0.198. The van der Waals surface area contributed by atoms with Gasteiger partial charge in [-0.05, 0) is 46.8 Å². The van der Waals surface area contributed by atoms with Crippen LogP contribution in [0.3, 0.4) is 0 Å². The third-order valence-electron chi connectivity index (χ3n) is 3.38. The van der Waals surface area contributed by atoms with E-state index in [1.807, 2.05) is 0 Å². The van der Waals surface area contributed by atoms with Gasteiger partial charge in [0.1, 0.15) is 42.3 Å². The fourth-order valence-electron chi connectivity index (χ4n) is 2.09. The van der Waals surface area contributed by atoms with Crippen LogP contribution < -0.4 is 59.1 Å². The summed E-state index contributed by atoms with van der Waals surface area (Å²) in [5, 5.41) is 31.4. The summed E-state index contributed by atoms with van der Waals surface area (Å²) >= 11 is 0. The first-order valence-electron chi connectivity index (χ1n) is 6.98. The van der Waals surface area contributed by atoms with Crippen LogP contribution in [-0.4, -0.2) is 66.7 Å². The van der Waals surface area contributed by atoms with E-state index in [4.69, 9.17) is 10.4 Å². The number of aromatic nitrogens is 6. The average Bonchev–Trinajstić information content (AvgIpc) is 3.17. The molecule has 4 aromatic rings. The maximum absolute atomic E-state index is 10.6. The summed E-state index contributed by atoms with van der Waals surface area (Å²) < 4.78 is 63.7. The second kappa shape index (κ2) is 9.86. The van der Waals surface area contributed by atoms with Crippen LogP contribution in [0.25, 0.3) is 22.1 Å². The molecular formula is C12H8N6Na2O8S2. The molecule has 0 atom stereocenters. The first-order valence-corrected chi connectivity index (χ1v) is 9.80. The third-order valence-corrected chi connectivity index (χ3v) is 5.04. The van der Waals surface area contributed by atoms with E-state index in [1.165, 1.54) is 12.1 Å². The van der Waals surface area contributed by atoms with E-state index >= 15 is 0 Å². The van der Waals surface area contributed by atoms with Crippen molar-refractivity contribution >= 4 is 42.3 Å². The summed E-state index contributed by atoms with van der Waals surface area (Å²) in [6.45, 7) is 0. The molecule has 2 heterocycles. The summed E-state index contributed by atoms with van der Waals surface area (Å²) in [6, 6.07) is 6.77. The van der Waals surface area contributed by atoms with Crippen molar-refractivity contribution < 1.29 is 95.5 Å². The fraction of sp³-hybridized carbons (Fsp3) is 0. The van der Waals surface area contributed by atoms with Gasteiger partial charge in [-0.2, -0.15) is 0 Å². The minimum absolute atomic E-state index is 0. The van der Waals surface area contributed by atoms with Crippen molar-refractivity contribution in [1.82, 2.24) is 30.3 Å². The van der Waals surface area contributed by atoms with E-state index in [9.17, 15) is 25.9 Å². The Morgan fingerprint density at radius 3 is 1.33 bits per heavy atom. The Bertz CT molecular complexity index is 1290. The molecule has 0 aliphatic carbocycles. The van der Waals surface area contributed by atoms with E-state index in [0.29, 0.717) is 9.69 Å². The first kappa shape index (κ1) is 26.7. The molecule has 2 aromatic heterocycles. The van der Waals surface area contributed by atoms with E-state index < -0.39 is 30.0 Å². The molecular weight excluding hydrogens is 466 g/mol. The molecule has 148 valence electrons. The fourth-order valence-corrected chi connectivity index (χ4v) is 3.07. The second-order valence-electron chi connectivity index (χ2n) is 5.17. The molecule has 0 unspecified atom stereocenters. The van der Waals surface area contributed by atoms with Crippen LogP contribution in [-0.2, 0) is 20.2 Å². The van der Waals surface area contributed by atoms with E-state index in [-0.39, 0.29) is 81.2 Å². The van der Waals surface area contributed by atoms with E-state index in [1.54, 1.807) is 0 Å². The largest absolute Gasteiger partial charge is 1.00 e. The number of rotatable bonds is 2. The zero-order chi connectivity index (χ0) is 20.7. The number of fused-ring (bicyclic) bond motifs is 2. The Hall–Kier alpha value is -1.34. The second-order valence-corrected chi connectivity index (χ2v) is 7.93. The Balaban J connectivity index is 0.000000281. The topological polar surface area (TPSA) is 216 Å². The summed E-state index contributed by atoms with van der Waals surface area (Å²) in [5.41, 5.74) is 0.753. The van der Waals surface area contributed by atoms with Gasteiger partial charge in [-0.25, -0.2) is 16.8 Å². The van der Waals surface area contributed by atoms with Crippen LogP contribution in [0.1, 0.15) is 0 Å². The third kappa shape index (κ3) is 5.88. The van der Waals surface area contributed by atoms with Crippen molar-refractivity contribution in [2.24, 2.45) is 0 Å². The zero-order valence-corrected chi connectivity index (χ0v) is 20.9. The minimum atomic E-state index is -4.49. The van der Waals surface area contributed by atoms with Crippen LogP contribution in [0.5, 0.6) is 0 Å². The number of hydrogen-bond acceptors (Lipinski definition) is 12. The molecule has 0 aliphatic rings. The Morgan fingerprint density at radius 1 is 0.700 bits per heavy atom. The van der Waals surface area contributed by atoms with Gasteiger partial charge < -0.3 is 19.5 Å². The summed E-state index contributed by atoms with van der Waals surface area (Å²) in [6.07, 6.45) is 0. The maximum Gasteiger partial charge on any atom is 1.00 e. The molecule has 0 saturated carbocycles. The number of benzene rings is 2. The van der Waals surface area contributed by atoms with Gasteiger partial charge in [-0.1, -0.05) is 9.69 Å². The molecule has 0 fully saturated rings. The molecule has 4 rings (SSSR count). The van der Waals surface area contributed by atoms with Gasteiger partial charge in [-0.15, -0.1) is 10.2 Å². The predicted octanol–water partition coefficient (Wildman–Crippen LogP) is -6.85. The van der Waals surface area contributed by atoms with Gasteiger partial charge >= 0.3 is 59.1 Å². The van der Waals surface area contributed by atoms with Crippen LogP contribution in [0.4, 0.5) is 0 Å². The molecule has 0 amide bonds. The molecule has 30 heavy (non-hydrogen) atoms. The zero-order valence-electron chi connectivity index (χ0n) is 15.3. The van der Waals surface area contributed by atoms with Gasteiger partial charge in [0.25, 0.3) is 0 Å². The number of nitrogens with zero attached hydrogens (tertiary/aromatic N) is 6. The minimum Gasteiger partial charge on any atom is -0.744 e. The van der Waals surface area contributed by atoms with Gasteiger partial charge in [0.05, 0.1) is 9.79 Å². The van der Waals surface area contributed by atoms with Gasteiger partial charge in [0, 0.05) is 0 Å². The van der Waals surface area contributed by atoms with E-state index in [0.717, 1.165) is 24.3 Å². The van der Waals surface area contributed by atoms with Crippen LogP contribution in [0, 0.1) is 0 Å². The van der Waals surface area contributed by atoms with Crippen molar-refractivity contribution in [3.63, 3.8) is 0 Å². The van der Waals surface area contributed by atoms with Crippen molar-refractivity contribution in [2.75, 3.05) is 0 Å². The molecule has 0 aliphatic heterocycles. The maximum atomic E-state index is 10.6. The predicted molar refractivity (Wildman–Crippen MR) is 85.4 cm³/mol. The van der Waals surface area contributed by atoms with Crippen LogP contribution in [0.15, 0.2) is 46.2 Å². The SMILES string of the molecule is O=S(=O)([O-])c1ccc2c(c1)nnn2O.O=S(=O)([O-])c1ccc2c(c1)nnn2O.[Na+].[Na+]. The first-order chi connectivity index (χ1) is 13.0. The monoisotopic (exact) mass is 474 g/mol. The quantitative estimate of drug-likeness (QED) is 0.157. The van der Waals surface area contributed by atoms with Gasteiger partial charge in [-0.3, -0.25) is 0 Å². The Morgan fingerprint density at radius 2 is 1.03 bits per heavy atom. The molecule has 0 spiro atoms. The van der Waals surface area contributed by atoms with Crippen molar-refractivity contribution in [2.45, 2.75) is 9.79 Å². The van der Waals surface area contributed by atoms with Gasteiger partial charge in [0.2, 0.25) is 0 Å². The van der Waals surface area contributed by atoms with E-state index in [2.05, 4.69) is 20.6 Å². The molecule has 0 bridgehead atoms. The number of hydrogen-bond donors (Lipinski definition) is 2. The smallest absolute Gasteiger partial charge is 0.744 e. The Kier molecular flexibility index (Phi) is 8.77. The molecule has 2 aromatic carbocycles. The summed E-state index contributed by atoms with van der Waals surface area (Å²) in [7, 11) is -8.99. The van der Waals surface area contributed by atoms with Crippen LogP contribution >= 0.6 is 0 Å². The van der Waals surface area contributed by atoms with Crippen LogP contribution in [0.2, 0.25) is 0 Å². The molecule has 2 N–H and O–H groups in total. The average molecular weight is 474 g/mol.